The molecule has 0 bridgehead atoms. The molecule has 0 aromatic rings. The number of hydrogen-bond acceptors (Lipinski definition) is 3. The maximum atomic E-state index is 12.2. The summed E-state index contributed by atoms with van der Waals surface area (Å²) >= 11 is 0. The number of carboxylic acids is 1. The van der Waals surface area contributed by atoms with Crippen LogP contribution in [0.4, 0.5) is 0 Å². The lowest BCUT2D eigenvalue weighted by Gasteiger charge is -2.24. The predicted octanol–water partition coefficient (Wildman–Crippen LogP) is 1.99. The fourth-order valence-electron chi connectivity index (χ4n) is 2.84. The van der Waals surface area contributed by atoms with E-state index < -0.39 is 21.2 Å². The van der Waals surface area contributed by atoms with Crippen LogP contribution >= 0.6 is 0 Å². The average molecular weight is 260 g/mol. The zero-order valence-electron chi connectivity index (χ0n) is 10.0. The van der Waals surface area contributed by atoms with Crippen molar-refractivity contribution in [3.8, 4) is 0 Å². The zero-order chi connectivity index (χ0) is 12.5. The topological polar surface area (TPSA) is 71.4 Å². The van der Waals surface area contributed by atoms with E-state index in [-0.39, 0.29) is 17.4 Å². The molecule has 0 unspecified atom stereocenters. The quantitative estimate of drug-likeness (QED) is 0.820. The normalized spacial score (nSPS) is 24.5. The number of sulfone groups is 1. The molecule has 0 radical (unpaired) electrons. The first-order valence-electron chi connectivity index (χ1n) is 6.37. The standard InChI is InChI=1S/C12H20O4S/c13-11(14)8-12(6-7-12)9-17(15,16)10-4-2-1-3-5-10/h10H,1-9H2,(H,13,14). The van der Waals surface area contributed by atoms with Gasteiger partial charge in [-0.15, -0.1) is 0 Å². The predicted molar refractivity (Wildman–Crippen MR) is 64.6 cm³/mol. The van der Waals surface area contributed by atoms with Gasteiger partial charge in [0.2, 0.25) is 0 Å². The van der Waals surface area contributed by atoms with Gasteiger partial charge in [0.25, 0.3) is 0 Å². The molecule has 0 atom stereocenters. The minimum absolute atomic E-state index is 0.0128. The molecular formula is C12H20O4S. The van der Waals surface area contributed by atoms with E-state index in [1.165, 1.54) is 0 Å². The second kappa shape index (κ2) is 4.59. The molecule has 0 aromatic carbocycles. The lowest BCUT2D eigenvalue weighted by molar-refractivity contribution is -0.138. The molecule has 2 saturated carbocycles. The Hall–Kier alpha value is -0.580. The number of hydrogen-bond donors (Lipinski definition) is 1. The van der Waals surface area contributed by atoms with Gasteiger partial charge >= 0.3 is 5.97 Å². The van der Waals surface area contributed by atoms with E-state index in [9.17, 15) is 13.2 Å². The monoisotopic (exact) mass is 260 g/mol. The van der Waals surface area contributed by atoms with E-state index in [1.54, 1.807) is 0 Å². The van der Waals surface area contributed by atoms with Gasteiger partial charge in [-0.1, -0.05) is 19.3 Å². The molecule has 2 rings (SSSR count). The second-order valence-electron chi connectivity index (χ2n) is 5.64. The maximum Gasteiger partial charge on any atom is 0.303 e. The molecular weight excluding hydrogens is 240 g/mol. The van der Waals surface area contributed by atoms with Gasteiger partial charge in [0.05, 0.1) is 17.4 Å². The zero-order valence-corrected chi connectivity index (χ0v) is 10.8. The third kappa shape index (κ3) is 3.21. The third-order valence-corrected chi connectivity index (χ3v) is 6.55. The van der Waals surface area contributed by atoms with Crippen molar-refractivity contribution < 1.29 is 18.3 Å². The highest BCUT2D eigenvalue weighted by atomic mass is 32.2. The molecule has 4 nitrogen and oxygen atoms in total. The molecule has 2 aliphatic carbocycles. The van der Waals surface area contributed by atoms with Crippen molar-refractivity contribution in [2.24, 2.45) is 5.41 Å². The van der Waals surface area contributed by atoms with Gasteiger partial charge in [0, 0.05) is 0 Å². The van der Waals surface area contributed by atoms with Crippen LogP contribution in [0.2, 0.25) is 0 Å². The van der Waals surface area contributed by atoms with Gasteiger partial charge in [-0.25, -0.2) is 8.42 Å². The van der Waals surface area contributed by atoms with Crippen molar-refractivity contribution in [2.45, 2.75) is 56.6 Å². The number of carbonyl (C=O) groups is 1. The minimum atomic E-state index is -3.09. The third-order valence-electron chi connectivity index (χ3n) is 4.05. The van der Waals surface area contributed by atoms with Gasteiger partial charge in [-0.05, 0) is 31.1 Å². The summed E-state index contributed by atoms with van der Waals surface area (Å²) in [5, 5.41) is 8.60. The van der Waals surface area contributed by atoms with Gasteiger partial charge in [0.15, 0.2) is 9.84 Å². The van der Waals surface area contributed by atoms with E-state index in [2.05, 4.69) is 0 Å². The van der Waals surface area contributed by atoms with Crippen molar-refractivity contribution in [3.05, 3.63) is 0 Å². The molecule has 1 N–H and O–H groups in total. The van der Waals surface area contributed by atoms with Crippen molar-refractivity contribution in [3.63, 3.8) is 0 Å². The fourth-order valence-corrected chi connectivity index (χ4v) is 5.37. The Kier molecular flexibility index (Phi) is 3.48. The molecule has 0 amide bonds. The molecule has 0 heterocycles. The minimum Gasteiger partial charge on any atom is -0.481 e. The van der Waals surface area contributed by atoms with E-state index in [1.807, 2.05) is 0 Å². The largest absolute Gasteiger partial charge is 0.481 e. The fraction of sp³-hybridized carbons (Fsp3) is 0.917. The van der Waals surface area contributed by atoms with Crippen LogP contribution < -0.4 is 0 Å². The van der Waals surface area contributed by atoms with E-state index in [0.717, 1.165) is 44.9 Å². The summed E-state index contributed by atoms with van der Waals surface area (Å²) in [6, 6.07) is 0. The first-order chi connectivity index (χ1) is 7.94. The van der Waals surface area contributed by atoms with Crippen molar-refractivity contribution >= 4 is 15.8 Å². The highest BCUT2D eigenvalue weighted by molar-refractivity contribution is 7.92. The molecule has 2 fully saturated rings. The Morgan fingerprint density at radius 2 is 1.76 bits per heavy atom. The Labute approximate surface area is 102 Å². The van der Waals surface area contributed by atoms with Crippen molar-refractivity contribution in [1.29, 1.82) is 0 Å². The highest BCUT2D eigenvalue weighted by Gasteiger charge is 2.49. The lowest BCUT2D eigenvalue weighted by atomic mass is 10.0. The molecule has 0 spiro atoms. The molecule has 2 aliphatic rings. The lowest BCUT2D eigenvalue weighted by Crippen LogP contribution is -2.31. The van der Waals surface area contributed by atoms with Crippen LogP contribution in [-0.4, -0.2) is 30.5 Å². The first kappa shape index (κ1) is 12.9. The summed E-state index contributed by atoms with van der Waals surface area (Å²) in [5.74, 6) is -0.780. The maximum absolute atomic E-state index is 12.2. The number of aliphatic carboxylic acids is 1. The summed E-state index contributed by atoms with van der Waals surface area (Å²) in [6.45, 7) is 0. The van der Waals surface area contributed by atoms with E-state index >= 15 is 0 Å². The Balaban J connectivity index is 1.99. The number of carboxylic acid groups (broad SMARTS) is 1. The Bertz CT molecular complexity index is 389. The number of rotatable bonds is 5. The van der Waals surface area contributed by atoms with E-state index in [0.29, 0.717) is 0 Å². The smallest absolute Gasteiger partial charge is 0.303 e. The van der Waals surface area contributed by atoms with Crippen LogP contribution in [0.25, 0.3) is 0 Å². The highest BCUT2D eigenvalue weighted by Crippen LogP contribution is 2.50. The van der Waals surface area contributed by atoms with Crippen molar-refractivity contribution in [2.75, 3.05) is 5.75 Å². The molecule has 17 heavy (non-hydrogen) atoms. The van der Waals surface area contributed by atoms with Gasteiger partial charge < -0.3 is 5.11 Å². The van der Waals surface area contributed by atoms with Gasteiger partial charge in [-0.3, -0.25) is 4.79 Å². The van der Waals surface area contributed by atoms with Crippen LogP contribution in [0.5, 0.6) is 0 Å². The van der Waals surface area contributed by atoms with Crippen LogP contribution in [0.1, 0.15) is 51.4 Å². The molecule has 0 saturated heterocycles. The van der Waals surface area contributed by atoms with Crippen LogP contribution in [0.3, 0.4) is 0 Å². The van der Waals surface area contributed by atoms with Gasteiger partial charge in [-0.2, -0.15) is 0 Å². The molecule has 0 aliphatic heterocycles. The molecule has 5 heteroatoms. The summed E-state index contributed by atoms with van der Waals surface area (Å²) in [7, 11) is -3.09. The average Bonchev–Trinajstić information content (AvgIpc) is 2.97. The van der Waals surface area contributed by atoms with E-state index in [4.69, 9.17) is 5.11 Å². The van der Waals surface area contributed by atoms with Crippen molar-refractivity contribution in [1.82, 2.24) is 0 Å². The Morgan fingerprint density at radius 3 is 2.24 bits per heavy atom. The van der Waals surface area contributed by atoms with Crippen LogP contribution in [0.15, 0.2) is 0 Å². The molecule has 0 aromatic heterocycles. The molecule has 98 valence electrons. The van der Waals surface area contributed by atoms with Crippen LogP contribution in [0, 0.1) is 5.41 Å². The summed E-state index contributed by atoms with van der Waals surface area (Å²) < 4.78 is 24.5. The SMILES string of the molecule is O=C(O)CC1(CS(=O)(=O)C2CCCCC2)CC1. The summed E-state index contributed by atoms with van der Waals surface area (Å²) in [6.07, 6.45) is 6.18. The second-order valence-corrected chi connectivity index (χ2v) is 7.92. The summed E-state index contributed by atoms with van der Waals surface area (Å²) in [5.41, 5.74) is -0.428. The first-order valence-corrected chi connectivity index (χ1v) is 8.09. The van der Waals surface area contributed by atoms with Crippen LogP contribution in [-0.2, 0) is 14.6 Å². The summed E-state index contributed by atoms with van der Waals surface area (Å²) in [4.78, 5) is 10.7. The van der Waals surface area contributed by atoms with Gasteiger partial charge in [0.1, 0.15) is 0 Å². The Morgan fingerprint density at radius 1 is 1.18 bits per heavy atom.